The maximum absolute atomic E-state index is 13.1. The first kappa shape index (κ1) is 17.3. The summed E-state index contributed by atoms with van der Waals surface area (Å²) in [6.07, 6.45) is -0.380. The number of fused-ring (bicyclic) bond motifs is 1. The van der Waals surface area contributed by atoms with Crippen LogP contribution in [0.4, 0.5) is 10.5 Å². The van der Waals surface area contributed by atoms with Gasteiger partial charge < -0.3 is 9.47 Å². The lowest BCUT2D eigenvalue weighted by molar-refractivity contribution is -0.00212. The second-order valence-corrected chi connectivity index (χ2v) is 9.54. The number of benzene rings is 2. The lowest BCUT2D eigenvalue weighted by atomic mass is 9.76. The molecule has 2 aliphatic rings. The van der Waals surface area contributed by atoms with E-state index in [0.717, 1.165) is 17.0 Å². The SMILES string of the molecule is CC1(C)SC2(Oc3ccccc3N2C(=O)OCc2ccccc2)C1(C)C. The molecule has 2 aliphatic heterocycles. The number of rotatable bonds is 2. The van der Waals surface area contributed by atoms with Crippen LogP contribution in [0.15, 0.2) is 54.6 Å². The highest BCUT2D eigenvalue weighted by Gasteiger charge is 2.74. The van der Waals surface area contributed by atoms with Crippen molar-refractivity contribution in [3.63, 3.8) is 0 Å². The van der Waals surface area contributed by atoms with Crippen LogP contribution >= 0.6 is 11.8 Å². The van der Waals surface area contributed by atoms with Crippen molar-refractivity contribution in [3.05, 3.63) is 60.2 Å². The highest BCUT2D eigenvalue weighted by Crippen LogP contribution is 2.72. The van der Waals surface area contributed by atoms with E-state index >= 15 is 0 Å². The Morgan fingerprint density at radius 3 is 2.35 bits per heavy atom. The normalized spacial score (nSPS) is 24.5. The molecule has 5 heteroatoms. The summed E-state index contributed by atoms with van der Waals surface area (Å²) in [5.74, 6) is 0.722. The fourth-order valence-corrected chi connectivity index (χ4v) is 5.33. The molecule has 0 bridgehead atoms. The number of carbonyl (C=O) groups is 1. The summed E-state index contributed by atoms with van der Waals surface area (Å²) in [5, 5.41) is -0.784. The van der Waals surface area contributed by atoms with Gasteiger partial charge in [0.15, 0.2) is 0 Å². The molecule has 26 heavy (non-hydrogen) atoms. The fourth-order valence-electron chi connectivity index (χ4n) is 3.49. The number of amides is 1. The molecular weight excluding hydrogens is 346 g/mol. The Labute approximate surface area is 158 Å². The number of hydrogen-bond donors (Lipinski definition) is 0. The van der Waals surface area contributed by atoms with E-state index in [1.807, 2.05) is 54.6 Å². The van der Waals surface area contributed by atoms with Gasteiger partial charge in [0.05, 0.1) is 5.69 Å². The summed E-state index contributed by atoms with van der Waals surface area (Å²) in [6, 6.07) is 17.4. The highest BCUT2D eigenvalue weighted by atomic mass is 32.2. The van der Waals surface area contributed by atoms with Crippen LogP contribution in [-0.4, -0.2) is 15.9 Å². The average Bonchev–Trinajstić information content (AvgIpc) is 2.96. The van der Waals surface area contributed by atoms with Crippen LogP contribution in [0.3, 0.4) is 0 Å². The quantitative estimate of drug-likeness (QED) is 0.708. The zero-order valence-electron chi connectivity index (χ0n) is 15.5. The number of carbonyl (C=O) groups excluding carboxylic acids is 1. The summed E-state index contributed by atoms with van der Waals surface area (Å²) >= 11 is 1.67. The average molecular weight is 369 g/mol. The van der Waals surface area contributed by atoms with Crippen molar-refractivity contribution in [1.82, 2.24) is 0 Å². The number of anilines is 1. The molecule has 2 heterocycles. The van der Waals surface area contributed by atoms with E-state index < -0.39 is 5.06 Å². The fraction of sp³-hybridized carbons (Fsp3) is 0.381. The van der Waals surface area contributed by atoms with Crippen molar-refractivity contribution in [2.24, 2.45) is 5.41 Å². The van der Waals surface area contributed by atoms with Crippen molar-refractivity contribution < 1.29 is 14.3 Å². The first-order chi connectivity index (χ1) is 12.3. The standard InChI is InChI=1S/C21H23NO3S/c1-19(2)20(3,4)26-21(19)22(16-12-8-9-13-17(16)25-21)18(23)24-14-15-10-6-5-7-11-15/h5-13H,14H2,1-4H3. The summed E-state index contributed by atoms with van der Waals surface area (Å²) < 4.78 is 12.0. The van der Waals surface area contributed by atoms with Crippen molar-refractivity contribution in [2.45, 2.75) is 44.1 Å². The van der Waals surface area contributed by atoms with Gasteiger partial charge in [-0.1, -0.05) is 68.1 Å². The van der Waals surface area contributed by atoms with Gasteiger partial charge in [0.1, 0.15) is 12.4 Å². The van der Waals surface area contributed by atoms with Crippen LogP contribution in [0.5, 0.6) is 5.75 Å². The van der Waals surface area contributed by atoms with E-state index in [1.165, 1.54) is 0 Å². The van der Waals surface area contributed by atoms with Gasteiger partial charge in [-0.25, -0.2) is 9.69 Å². The van der Waals surface area contributed by atoms with Crippen LogP contribution in [0.25, 0.3) is 0 Å². The molecule has 0 radical (unpaired) electrons. The van der Waals surface area contributed by atoms with Crippen LogP contribution in [0, 0.1) is 5.41 Å². The zero-order valence-corrected chi connectivity index (χ0v) is 16.3. The van der Waals surface area contributed by atoms with E-state index in [0.29, 0.717) is 0 Å². The Morgan fingerprint density at radius 2 is 1.69 bits per heavy atom. The molecule has 4 rings (SSSR count). The van der Waals surface area contributed by atoms with Gasteiger partial charge in [0.25, 0.3) is 0 Å². The van der Waals surface area contributed by atoms with Crippen LogP contribution in [0.1, 0.15) is 33.3 Å². The molecule has 0 N–H and O–H groups in total. The van der Waals surface area contributed by atoms with Gasteiger partial charge in [-0.3, -0.25) is 0 Å². The Morgan fingerprint density at radius 1 is 1.04 bits per heavy atom. The number of hydrogen-bond acceptors (Lipinski definition) is 4. The minimum atomic E-state index is -0.784. The van der Waals surface area contributed by atoms with Crippen molar-refractivity contribution in [1.29, 1.82) is 0 Å². The van der Waals surface area contributed by atoms with Gasteiger partial charge >= 0.3 is 6.09 Å². The van der Waals surface area contributed by atoms with Gasteiger partial charge in [-0.2, -0.15) is 0 Å². The van der Waals surface area contributed by atoms with Gasteiger partial charge in [0, 0.05) is 10.2 Å². The summed E-state index contributed by atoms with van der Waals surface area (Å²) in [5.41, 5.74) is 1.47. The van der Waals surface area contributed by atoms with E-state index in [9.17, 15) is 4.79 Å². The molecule has 0 saturated carbocycles. The molecule has 1 fully saturated rings. The number of ether oxygens (including phenoxy) is 2. The first-order valence-corrected chi connectivity index (χ1v) is 9.59. The molecule has 136 valence electrons. The largest absolute Gasteiger partial charge is 0.455 e. The lowest BCUT2D eigenvalue weighted by Gasteiger charge is -2.64. The van der Waals surface area contributed by atoms with Crippen LogP contribution < -0.4 is 9.64 Å². The molecule has 2 aromatic rings. The maximum atomic E-state index is 13.1. The van der Waals surface area contributed by atoms with E-state index in [2.05, 4.69) is 27.7 Å². The summed E-state index contributed by atoms with van der Waals surface area (Å²) in [4.78, 5) is 14.8. The van der Waals surface area contributed by atoms with E-state index in [1.54, 1.807) is 16.7 Å². The molecule has 2 aromatic carbocycles. The second-order valence-electron chi connectivity index (χ2n) is 7.76. The van der Waals surface area contributed by atoms with E-state index in [-0.39, 0.29) is 22.9 Å². The Balaban J connectivity index is 1.66. The Bertz CT molecular complexity index is 849. The third-order valence-corrected chi connectivity index (χ3v) is 7.80. The number of para-hydroxylation sites is 2. The minimum absolute atomic E-state index is 0.0208. The molecule has 1 atom stereocenters. The summed E-state index contributed by atoms with van der Waals surface area (Å²) in [7, 11) is 0. The monoisotopic (exact) mass is 369 g/mol. The van der Waals surface area contributed by atoms with Crippen molar-refractivity contribution in [3.8, 4) is 5.75 Å². The summed E-state index contributed by atoms with van der Waals surface area (Å²) in [6.45, 7) is 8.90. The number of thioether (sulfide) groups is 1. The third-order valence-electron chi connectivity index (χ3n) is 5.73. The molecule has 4 nitrogen and oxygen atoms in total. The Hall–Kier alpha value is -2.14. The van der Waals surface area contributed by atoms with E-state index in [4.69, 9.17) is 9.47 Å². The topological polar surface area (TPSA) is 38.8 Å². The molecule has 0 aromatic heterocycles. The molecule has 0 aliphatic carbocycles. The first-order valence-electron chi connectivity index (χ1n) is 8.78. The van der Waals surface area contributed by atoms with Gasteiger partial charge in [-0.05, 0) is 31.5 Å². The second kappa shape index (κ2) is 5.68. The molecule has 1 amide bonds. The van der Waals surface area contributed by atoms with Crippen molar-refractivity contribution >= 4 is 23.5 Å². The van der Waals surface area contributed by atoms with Crippen LogP contribution in [-0.2, 0) is 11.3 Å². The Kier molecular flexibility index (Phi) is 3.77. The molecule has 1 saturated heterocycles. The maximum Gasteiger partial charge on any atom is 0.418 e. The molecule has 1 spiro atoms. The predicted octanol–water partition coefficient (Wildman–Crippen LogP) is 5.43. The molecule has 1 unspecified atom stereocenters. The number of nitrogens with zero attached hydrogens (tertiary/aromatic N) is 1. The van der Waals surface area contributed by atoms with Gasteiger partial charge in [0.2, 0.25) is 5.06 Å². The smallest absolute Gasteiger partial charge is 0.418 e. The third kappa shape index (κ3) is 2.26. The zero-order chi connectivity index (χ0) is 18.6. The minimum Gasteiger partial charge on any atom is -0.455 e. The lowest BCUT2D eigenvalue weighted by Crippen LogP contribution is -2.74. The van der Waals surface area contributed by atoms with Crippen molar-refractivity contribution in [2.75, 3.05) is 4.90 Å². The van der Waals surface area contributed by atoms with Gasteiger partial charge in [-0.15, -0.1) is 0 Å². The van der Waals surface area contributed by atoms with Crippen LogP contribution in [0.2, 0.25) is 0 Å². The molecular formula is C21H23NO3S. The highest BCUT2D eigenvalue weighted by molar-refractivity contribution is 8.03. The predicted molar refractivity (Wildman–Crippen MR) is 104 cm³/mol.